The molecule has 4 nitrogen and oxygen atoms in total. The Bertz CT molecular complexity index is 651. The Kier molecular flexibility index (Phi) is 4.26. The van der Waals surface area contributed by atoms with Gasteiger partial charge in [0.2, 0.25) is 0 Å². The van der Waals surface area contributed by atoms with Gasteiger partial charge in [0.05, 0.1) is 0 Å². The number of fused-ring (bicyclic) bond motifs is 1. The Labute approximate surface area is 126 Å². The number of nitrogens with zero attached hydrogens (tertiary/aromatic N) is 1. The summed E-state index contributed by atoms with van der Waals surface area (Å²) in [5.74, 6) is 0. The molecule has 1 amide bonds. The number of benzene rings is 1. The van der Waals surface area contributed by atoms with E-state index in [2.05, 4.69) is 41.2 Å². The van der Waals surface area contributed by atoms with Gasteiger partial charge in [-0.1, -0.05) is 11.6 Å². The van der Waals surface area contributed by atoms with Crippen molar-refractivity contribution in [1.82, 2.24) is 9.88 Å². The highest BCUT2D eigenvalue weighted by atomic mass is 16.6. The fraction of sp³-hybridized carbons (Fsp3) is 0.471. The fourth-order valence-electron chi connectivity index (χ4n) is 2.40. The first-order chi connectivity index (χ1) is 9.76. The van der Waals surface area contributed by atoms with E-state index in [0.29, 0.717) is 6.54 Å². The van der Waals surface area contributed by atoms with Crippen LogP contribution in [0.4, 0.5) is 4.79 Å². The first kappa shape index (κ1) is 15.4. The molecule has 0 radical (unpaired) electrons. The average molecular weight is 288 g/mol. The summed E-state index contributed by atoms with van der Waals surface area (Å²) in [6, 6.07) is 6.44. The van der Waals surface area contributed by atoms with Crippen LogP contribution < -0.4 is 5.32 Å². The third-order valence-corrected chi connectivity index (χ3v) is 3.29. The number of amides is 1. The number of aryl methyl sites for hydroxylation is 2. The fourth-order valence-corrected chi connectivity index (χ4v) is 2.40. The molecule has 114 valence electrons. The number of rotatable bonds is 3. The number of nitrogens with one attached hydrogen (secondary N) is 1. The predicted molar refractivity (Wildman–Crippen MR) is 85.6 cm³/mol. The quantitative estimate of drug-likeness (QED) is 0.938. The van der Waals surface area contributed by atoms with Crippen molar-refractivity contribution in [2.45, 2.75) is 39.7 Å². The third-order valence-electron chi connectivity index (χ3n) is 3.29. The largest absolute Gasteiger partial charge is 0.444 e. The zero-order chi connectivity index (χ0) is 15.6. The van der Waals surface area contributed by atoms with Crippen LogP contribution >= 0.6 is 0 Å². The maximum absolute atomic E-state index is 11.6. The lowest BCUT2D eigenvalue weighted by Crippen LogP contribution is -2.33. The van der Waals surface area contributed by atoms with E-state index in [0.717, 1.165) is 6.42 Å². The lowest BCUT2D eigenvalue weighted by molar-refractivity contribution is 0.0528. The number of alkyl carbamates (subject to hydrolysis) is 1. The monoisotopic (exact) mass is 288 g/mol. The molecule has 0 aliphatic carbocycles. The minimum Gasteiger partial charge on any atom is -0.444 e. The molecule has 2 rings (SSSR count). The molecule has 2 aromatic rings. The topological polar surface area (TPSA) is 43.3 Å². The summed E-state index contributed by atoms with van der Waals surface area (Å²) in [6.07, 6.45) is 2.56. The Hall–Kier alpha value is -1.97. The number of ether oxygens (including phenoxy) is 1. The normalized spacial score (nSPS) is 11.7. The van der Waals surface area contributed by atoms with E-state index in [4.69, 9.17) is 4.74 Å². The van der Waals surface area contributed by atoms with Crippen LogP contribution in [0.2, 0.25) is 0 Å². The lowest BCUT2D eigenvalue weighted by Gasteiger charge is -2.19. The number of aromatic nitrogens is 1. The summed E-state index contributed by atoms with van der Waals surface area (Å²) in [7, 11) is 2.04. The summed E-state index contributed by atoms with van der Waals surface area (Å²) in [6.45, 7) is 8.25. The minimum absolute atomic E-state index is 0.362. The minimum atomic E-state index is -0.458. The van der Waals surface area contributed by atoms with Gasteiger partial charge in [-0.3, -0.25) is 0 Å². The molecular formula is C17H24N2O2. The van der Waals surface area contributed by atoms with Gasteiger partial charge < -0.3 is 14.6 Å². The van der Waals surface area contributed by atoms with E-state index in [1.807, 2.05) is 27.8 Å². The summed E-state index contributed by atoms with van der Waals surface area (Å²) >= 11 is 0. The second-order valence-corrected chi connectivity index (χ2v) is 6.46. The van der Waals surface area contributed by atoms with Crippen LogP contribution in [0.25, 0.3) is 10.9 Å². The van der Waals surface area contributed by atoms with Crippen LogP contribution in [0.5, 0.6) is 0 Å². The van der Waals surface area contributed by atoms with Gasteiger partial charge in [0.15, 0.2) is 0 Å². The molecule has 0 spiro atoms. The van der Waals surface area contributed by atoms with Crippen LogP contribution in [0.3, 0.4) is 0 Å². The molecule has 0 saturated carbocycles. The Morgan fingerprint density at radius 1 is 1.33 bits per heavy atom. The highest BCUT2D eigenvalue weighted by Crippen LogP contribution is 2.22. The Morgan fingerprint density at radius 2 is 2.05 bits per heavy atom. The molecule has 1 N–H and O–H groups in total. The number of hydrogen-bond donors (Lipinski definition) is 1. The molecule has 0 unspecified atom stereocenters. The molecule has 21 heavy (non-hydrogen) atoms. The Morgan fingerprint density at radius 3 is 2.71 bits per heavy atom. The maximum Gasteiger partial charge on any atom is 0.407 e. The van der Waals surface area contributed by atoms with E-state index in [1.54, 1.807) is 0 Å². The van der Waals surface area contributed by atoms with E-state index in [9.17, 15) is 4.79 Å². The van der Waals surface area contributed by atoms with E-state index < -0.39 is 5.60 Å². The summed E-state index contributed by atoms with van der Waals surface area (Å²) in [5, 5.41) is 4.06. The van der Waals surface area contributed by atoms with Crippen LogP contribution in [0, 0.1) is 6.92 Å². The SMILES string of the molecule is Cc1ccc2c(c1)c(CCNC(=O)OC(C)(C)C)cn2C. The zero-order valence-corrected chi connectivity index (χ0v) is 13.5. The van der Waals surface area contributed by atoms with Crippen molar-refractivity contribution in [2.24, 2.45) is 7.05 Å². The first-order valence-corrected chi connectivity index (χ1v) is 7.28. The zero-order valence-electron chi connectivity index (χ0n) is 13.5. The third kappa shape index (κ3) is 4.00. The number of carbonyl (C=O) groups is 1. The lowest BCUT2D eigenvalue weighted by atomic mass is 10.1. The van der Waals surface area contributed by atoms with Gasteiger partial charge in [-0.2, -0.15) is 0 Å². The smallest absolute Gasteiger partial charge is 0.407 e. The molecule has 0 saturated heterocycles. The van der Waals surface area contributed by atoms with Crippen LogP contribution in [0.15, 0.2) is 24.4 Å². The van der Waals surface area contributed by atoms with Gasteiger partial charge in [0, 0.05) is 30.7 Å². The van der Waals surface area contributed by atoms with Crippen LogP contribution in [-0.2, 0) is 18.2 Å². The summed E-state index contributed by atoms with van der Waals surface area (Å²) < 4.78 is 7.35. The molecule has 0 aliphatic heterocycles. The van der Waals surface area contributed by atoms with Crippen molar-refractivity contribution in [3.63, 3.8) is 0 Å². The van der Waals surface area contributed by atoms with Gasteiger partial charge in [0.1, 0.15) is 5.60 Å². The molecule has 0 atom stereocenters. The summed E-state index contributed by atoms with van der Waals surface area (Å²) in [5.41, 5.74) is 3.25. The predicted octanol–water partition coefficient (Wildman–Crippen LogP) is 3.55. The van der Waals surface area contributed by atoms with Gasteiger partial charge in [-0.05, 0) is 51.8 Å². The molecule has 1 aromatic heterocycles. The van der Waals surface area contributed by atoms with Crippen molar-refractivity contribution in [1.29, 1.82) is 0 Å². The highest BCUT2D eigenvalue weighted by Gasteiger charge is 2.15. The molecule has 0 bridgehead atoms. The molecular weight excluding hydrogens is 264 g/mol. The van der Waals surface area contributed by atoms with Crippen molar-refractivity contribution >= 4 is 17.0 Å². The van der Waals surface area contributed by atoms with Gasteiger partial charge in [-0.15, -0.1) is 0 Å². The Balaban J connectivity index is 2.01. The maximum atomic E-state index is 11.6. The standard InChI is InChI=1S/C17H24N2O2/c1-12-6-7-15-14(10-12)13(11-19(15)5)8-9-18-16(20)21-17(2,3)4/h6-7,10-11H,8-9H2,1-5H3,(H,18,20). The van der Waals surface area contributed by atoms with Crippen LogP contribution in [0.1, 0.15) is 31.9 Å². The number of hydrogen-bond acceptors (Lipinski definition) is 2. The van der Waals surface area contributed by atoms with Gasteiger partial charge >= 0.3 is 6.09 Å². The van der Waals surface area contributed by atoms with Gasteiger partial charge in [0.25, 0.3) is 0 Å². The average Bonchev–Trinajstić information content (AvgIpc) is 2.63. The van der Waals surface area contributed by atoms with E-state index >= 15 is 0 Å². The van der Waals surface area contributed by atoms with Crippen molar-refractivity contribution < 1.29 is 9.53 Å². The van der Waals surface area contributed by atoms with Crippen molar-refractivity contribution in [3.05, 3.63) is 35.5 Å². The highest BCUT2D eigenvalue weighted by molar-refractivity contribution is 5.84. The summed E-state index contributed by atoms with van der Waals surface area (Å²) in [4.78, 5) is 11.6. The second kappa shape index (κ2) is 5.80. The molecule has 1 aromatic carbocycles. The molecule has 0 aliphatic rings. The van der Waals surface area contributed by atoms with E-state index in [-0.39, 0.29) is 6.09 Å². The van der Waals surface area contributed by atoms with E-state index in [1.165, 1.54) is 22.0 Å². The molecule has 0 fully saturated rings. The van der Waals surface area contributed by atoms with Crippen molar-refractivity contribution in [3.8, 4) is 0 Å². The molecule has 1 heterocycles. The van der Waals surface area contributed by atoms with Gasteiger partial charge in [-0.25, -0.2) is 4.79 Å². The number of carbonyl (C=O) groups excluding carboxylic acids is 1. The first-order valence-electron chi connectivity index (χ1n) is 7.28. The molecule has 4 heteroatoms. The second-order valence-electron chi connectivity index (χ2n) is 6.46. The van der Waals surface area contributed by atoms with Crippen LogP contribution in [-0.4, -0.2) is 22.8 Å². The van der Waals surface area contributed by atoms with Crippen molar-refractivity contribution in [2.75, 3.05) is 6.54 Å².